The molecule has 0 saturated heterocycles. The summed E-state index contributed by atoms with van der Waals surface area (Å²) in [6, 6.07) is 6.44. The molecular formula is C25H26ClFN6O6S2. The van der Waals surface area contributed by atoms with Gasteiger partial charge in [0.15, 0.2) is 17.5 Å². The molecule has 0 aliphatic carbocycles. The molecule has 16 heteroatoms. The first-order valence-corrected chi connectivity index (χ1v) is 15.5. The van der Waals surface area contributed by atoms with Crippen molar-refractivity contribution in [3.05, 3.63) is 63.3 Å². The van der Waals surface area contributed by atoms with Gasteiger partial charge in [-0.2, -0.15) is 5.10 Å². The molecule has 1 amide bonds. The number of rotatable bonds is 10. The van der Waals surface area contributed by atoms with Crippen LogP contribution in [0.1, 0.15) is 28.0 Å². The number of hydrogen-bond donors (Lipinski definition) is 1. The maximum absolute atomic E-state index is 15.6. The number of aryl methyl sites for hydroxylation is 1. The topological polar surface area (TPSA) is 137 Å². The Labute approximate surface area is 244 Å². The van der Waals surface area contributed by atoms with Crippen molar-refractivity contribution in [3.8, 4) is 11.5 Å². The summed E-state index contributed by atoms with van der Waals surface area (Å²) in [6.07, 6.45) is 1.43. The summed E-state index contributed by atoms with van der Waals surface area (Å²) in [5.74, 6) is -0.567. The lowest BCUT2D eigenvalue weighted by atomic mass is 9.95. The summed E-state index contributed by atoms with van der Waals surface area (Å²) < 4.78 is 58.7. The van der Waals surface area contributed by atoms with Gasteiger partial charge in [-0.15, -0.1) is 0 Å². The second kappa shape index (κ2) is 11.8. The Balaban J connectivity index is 1.44. The predicted octanol–water partition coefficient (Wildman–Crippen LogP) is 3.24. The molecule has 1 aliphatic rings. The van der Waals surface area contributed by atoms with Crippen molar-refractivity contribution in [2.45, 2.75) is 19.4 Å². The zero-order valence-corrected chi connectivity index (χ0v) is 24.6. The highest BCUT2D eigenvalue weighted by Crippen LogP contribution is 2.38. The van der Waals surface area contributed by atoms with Crippen LogP contribution in [0.3, 0.4) is 0 Å². The molecule has 41 heavy (non-hydrogen) atoms. The largest absolute Gasteiger partial charge is 0.491 e. The Morgan fingerprint density at radius 3 is 2.73 bits per heavy atom. The van der Waals surface area contributed by atoms with Gasteiger partial charge in [-0.25, -0.2) is 27.3 Å². The van der Waals surface area contributed by atoms with Gasteiger partial charge >= 0.3 is 0 Å². The number of imidazole rings is 1. The van der Waals surface area contributed by atoms with E-state index in [1.54, 1.807) is 23.8 Å². The van der Waals surface area contributed by atoms with E-state index in [4.69, 9.17) is 30.8 Å². The predicted molar refractivity (Wildman–Crippen MR) is 150 cm³/mol. The van der Waals surface area contributed by atoms with E-state index in [0.29, 0.717) is 29.4 Å². The van der Waals surface area contributed by atoms with Gasteiger partial charge in [0.1, 0.15) is 35.0 Å². The van der Waals surface area contributed by atoms with Crippen LogP contribution in [0.4, 0.5) is 10.2 Å². The molecule has 4 heterocycles. The monoisotopic (exact) mass is 624 g/mol. The number of benzene rings is 1. The summed E-state index contributed by atoms with van der Waals surface area (Å²) >= 11 is 7.58. The van der Waals surface area contributed by atoms with Crippen molar-refractivity contribution in [1.29, 1.82) is 0 Å². The van der Waals surface area contributed by atoms with Crippen LogP contribution in [0.5, 0.6) is 11.5 Å². The summed E-state index contributed by atoms with van der Waals surface area (Å²) in [7, 11) is -2.01. The molecule has 3 aromatic heterocycles. The summed E-state index contributed by atoms with van der Waals surface area (Å²) in [5.41, 5.74) is 1.59. The Hall–Kier alpha value is -3.53. The SMILES string of the molecule is COCCOc1ccc(C2c3c(nc4sc(C)nn34)CCN2C(=O)COc2ccc(NS(C)(=O)=O)nc2Cl)c(F)c1. The number of methoxy groups -OCH3 is 1. The molecule has 12 nitrogen and oxygen atoms in total. The third kappa shape index (κ3) is 6.37. The number of carbonyl (C=O) groups is 1. The van der Waals surface area contributed by atoms with Crippen LogP contribution in [-0.2, 0) is 26.0 Å². The van der Waals surface area contributed by atoms with Crippen molar-refractivity contribution in [2.75, 3.05) is 44.5 Å². The fourth-order valence-corrected chi connectivity index (χ4v) is 5.98. The quantitative estimate of drug-likeness (QED) is 0.208. The van der Waals surface area contributed by atoms with E-state index in [0.717, 1.165) is 17.0 Å². The highest BCUT2D eigenvalue weighted by molar-refractivity contribution is 7.92. The number of fused-ring (bicyclic) bond motifs is 3. The van der Waals surface area contributed by atoms with E-state index in [1.165, 1.54) is 34.4 Å². The number of hydrogen-bond acceptors (Lipinski definition) is 10. The summed E-state index contributed by atoms with van der Waals surface area (Å²) in [5, 5.41) is 5.21. The normalized spacial score (nSPS) is 15.1. The van der Waals surface area contributed by atoms with E-state index in [-0.39, 0.29) is 35.4 Å². The number of halogens is 2. The van der Waals surface area contributed by atoms with E-state index in [2.05, 4.69) is 14.8 Å². The first kappa shape index (κ1) is 29.0. The highest BCUT2D eigenvalue weighted by Gasteiger charge is 2.38. The molecule has 5 rings (SSSR count). The molecule has 0 spiro atoms. The Morgan fingerprint density at radius 1 is 1.22 bits per heavy atom. The molecule has 4 aromatic rings. The molecule has 1 unspecified atom stereocenters. The smallest absolute Gasteiger partial charge is 0.261 e. The molecule has 0 bridgehead atoms. The van der Waals surface area contributed by atoms with Crippen molar-refractivity contribution in [1.82, 2.24) is 24.5 Å². The lowest BCUT2D eigenvalue weighted by Crippen LogP contribution is -2.43. The Bertz CT molecular complexity index is 1710. The zero-order chi connectivity index (χ0) is 29.3. The molecular weight excluding hydrogens is 599 g/mol. The van der Waals surface area contributed by atoms with Crippen molar-refractivity contribution in [2.24, 2.45) is 0 Å². The van der Waals surface area contributed by atoms with Gasteiger partial charge in [0.05, 0.1) is 24.3 Å². The Morgan fingerprint density at radius 2 is 2.02 bits per heavy atom. The molecule has 0 saturated carbocycles. The third-order valence-electron chi connectivity index (χ3n) is 6.17. The van der Waals surface area contributed by atoms with E-state index < -0.39 is 34.4 Å². The number of pyridine rings is 1. The standard InChI is InChI=1S/C25H26ClFN6O6S2/c1-14-30-33-23-18(28-25(33)40-14)8-9-32(22(23)16-5-4-15(12-17(16)27)38-11-10-37-2)21(34)13-39-19-6-7-20(29-24(19)26)31-41(3,35)36/h4-7,12,22H,8-11,13H2,1-3H3,(H,29,31). The maximum atomic E-state index is 15.6. The molecule has 1 aromatic carbocycles. The third-order valence-corrected chi connectivity index (χ3v) is 7.85. The lowest BCUT2D eigenvalue weighted by Gasteiger charge is -2.35. The number of amides is 1. The number of ether oxygens (including phenoxy) is 3. The lowest BCUT2D eigenvalue weighted by molar-refractivity contribution is -0.135. The molecule has 1 atom stereocenters. The van der Waals surface area contributed by atoms with Crippen molar-refractivity contribution in [3.63, 3.8) is 0 Å². The maximum Gasteiger partial charge on any atom is 0.261 e. The number of aromatic nitrogens is 4. The average molecular weight is 625 g/mol. The van der Waals surface area contributed by atoms with E-state index >= 15 is 4.39 Å². The first-order valence-electron chi connectivity index (χ1n) is 12.4. The molecule has 0 fully saturated rings. The zero-order valence-electron chi connectivity index (χ0n) is 22.3. The van der Waals surface area contributed by atoms with Crippen LogP contribution in [0, 0.1) is 12.7 Å². The van der Waals surface area contributed by atoms with Crippen LogP contribution in [-0.4, -0.2) is 78.5 Å². The number of sulfonamides is 1. The minimum atomic E-state index is -3.55. The van der Waals surface area contributed by atoms with Crippen LogP contribution in [0.2, 0.25) is 5.15 Å². The van der Waals surface area contributed by atoms with E-state index in [9.17, 15) is 13.2 Å². The minimum absolute atomic E-state index is 0.00762. The van der Waals surface area contributed by atoms with Gasteiger partial charge in [-0.05, 0) is 31.2 Å². The Kier molecular flexibility index (Phi) is 8.31. The van der Waals surface area contributed by atoms with Gasteiger partial charge in [0.25, 0.3) is 5.91 Å². The van der Waals surface area contributed by atoms with Crippen LogP contribution >= 0.6 is 22.9 Å². The highest BCUT2D eigenvalue weighted by atomic mass is 35.5. The van der Waals surface area contributed by atoms with Gasteiger partial charge in [-0.3, -0.25) is 9.52 Å². The number of nitrogens with zero attached hydrogens (tertiary/aromatic N) is 5. The van der Waals surface area contributed by atoms with Gasteiger partial charge < -0.3 is 19.1 Å². The number of nitrogens with one attached hydrogen (secondary N) is 1. The van der Waals surface area contributed by atoms with Crippen molar-refractivity contribution < 1.29 is 31.8 Å². The molecule has 1 aliphatic heterocycles. The second-order valence-electron chi connectivity index (χ2n) is 9.17. The fourth-order valence-electron chi connectivity index (χ4n) is 4.51. The first-order chi connectivity index (χ1) is 19.5. The number of anilines is 1. The summed E-state index contributed by atoms with van der Waals surface area (Å²) in [6.45, 7) is 2.30. The molecule has 1 N–H and O–H groups in total. The van der Waals surface area contributed by atoms with Gasteiger partial charge in [-0.1, -0.05) is 22.9 Å². The van der Waals surface area contributed by atoms with Crippen LogP contribution in [0.25, 0.3) is 4.96 Å². The van der Waals surface area contributed by atoms with E-state index in [1.807, 2.05) is 6.92 Å². The van der Waals surface area contributed by atoms with Crippen LogP contribution < -0.4 is 14.2 Å². The molecule has 218 valence electrons. The minimum Gasteiger partial charge on any atom is -0.491 e. The summed E-state index contributed by atoms with van der Waals surface area (Å²) in [4.78, 5) is 24.4. The number of carbonyl (C=O) groups excluding carboxylic acids is 1. The average Bonchev–Trinajstić information content (AvgIpc) is 3.42. The second-order valence-corrected chi connectivity index (χ2v) is 12.4. The van der Waals surface area contributed by atoms with Gasteiger partial charge in [0.2, 0.25) is 15.0 Å². The molecule has 0 radical (unpaired) electrons. The fraction of sp³-hybridized carbons (Fsp3) is 0.360. The van der Waals surface area contributed by atoms with Crippen LogP contribution in [0.15, 0.2) is 30.3 Å². The van der Waals surface area contributed by atoms with Crippen molar-refractivity contribution >= 4 is 49.6 Å². The van der Waals surface area contributed by atoms with Gasteiger partial charge in [0, 0.05) is 31.7 Å².